The van der Waals surface area contributed by atoms with E-state index in [1.807, 2.05) is 30.3 Å². The van der Waals surface area contributed by atoms with Crippen LogP contribution in [0.3, 0.4) is 0 Å². The van der Waals surface area contributed by atoms with Crippen molar-refractivity contribution in [2.45, 2.75) is 26.3 Å². The highest BCUT2D eigenvalue weighted by Gasteiger charge is 2.25. The number of pyridine rings is 1. The number of nitrogens with one attached hydrogen (secondary N) is 1. The van der Waals surface area contributed by atoms with E-state index in [1.165, 1.54) is 6.07 Å². The van der Waals surface area contributed by atoms with Gasteiger partial charge in [0.1, 0.15) is 5.69 Å². The van der Waals surface area contributed by atoms with Crippen molar-refractivity contribution in [3.63, 3.8) is 0 Å². The molecule has 0 radical (unpaired) electrons. The molecule has 1 N–H and O–H groups in total. The van der Waals surface area contributed by atoms with Crippen LogP contribution >= 0.6 is 11.6 Å². The van der Waals surface area contributed by atoms with Crippen LogP contribution in [-0.4, -0.2) is 22.5 Å². The molecule has 0 aliphatic heterocycles. The summed E-state index contributed by atoms with van der Waals surface area (Å²) in [5.74, 6) is -0.400. The minimum Gasteiger partial charge on any atom is -0.466 e. The highest BCUT2D eigenvalue weighted by molar-refractivity contribution is 6.32. The minimum absolute atomic E-state index is 0.0218. The number of carbonyl (C=O) groups is 1. The third-order valence-corrected chi connectivity index (χ3v) is 3.73. The standard InChI is InChI=1S/C17H18ClN3O4/c1-3-25-15(22)10-13(12-7-5-4-6-8-12)20-14-9-11(2)19-17(18)16(14)21(23)24/h4-9,13H,3,10H2,1-2H3,(H,19,20). The summed E-state index contributed by atoms with van der Waals surface area (Å²) in [7, 11) is 0. The SMILES string of the molecule is CCOC(=O)CC(Nc1cc(C)nc(Cl)c1[N+](=O)[O-])c1ccccc1. The van der Waals surface area contributed by atoms with E-state index in [9.17, 15) is 14.9 Å². The van der Waals surface area contributed by atoms with Crippen LogP contribution < -0.4 is 5.32 Å². The molecule has 8 heteroatoms. The van der Waals surface area contributed by atoms with Crippen LogP contribution in [0, 0.1) is 17.0 Å². The summed E-state index contributed by atoms with van der Waals surface area (Å²) in [4.78, 5) is 26.6. The van der Waals surface area contributed by atoms with Gasteiger partial charge in [-0.25, -0.2) is 4.98 Å². The Balaban J connectivity index is 2.40. The van der Waals surface area contributed by atoms with E-state index in [1.54, 1.807) is 13.8 Å². The van der Waals surface area contributed by atoms with Gasteiger partial charge in [0.2, 0.25) is 5.15 Å². The zero-order valence-corrected chi connectivity index (χ0v) is 14.6. The molecule has 0 fully saturated rings. The van der Waals surface area contributed by atoms with E-state index < -0.39 is 16.9 Å². The quantitative estimate of drug-likeness (QED) is 0.345. The Bertz CT molecular complexity index is 768. The first kappa shape index (κ1) is 18.7. The number of hydrogen-bond donors (Lipinski definition) is 1. The lowest BCUT2D eigenvalue weighted by Gasteiger charge is -2.20. The second-order valence-corrected chi connectivity index (χ2v) is 5.68. The van der Waals surface area contributed by atoms with E-state index >= 15 is 0 Å². The number of hydrogen-bond acceptors (Lipinski definition) is 6. The molecule has 0 bridgehead atoms. The second kappa shape index (κ2) is 8.43. The normalized spacial score (nSPS) is 11.6. The maximum Gasteiger partial charge on any atom is 0.329 e. The summed E-state index contributed by atoms with van der Waals surface area (Å²) in [6.45, 7) is 3.67. The zero-order valence-electron chi connectivity index (χ0n) is 13.9. The van der Waals surface area contributed by atoms with Gasteiger partial charge in [-0.1, -0.05) is 41.9 Å². The molecule has 0 aliphatic rings. The fraction of sp³-hybridized carbons (Fsp3) is 0.294. The molecule has 0 saturated heterocycles. The summed E-state index contributed by atoms with van der Waals surface area (Å²) < 4.78 is 5.01. The number of nitro groups is 1. The molecule has 2 aromatic rings. The van der Waals surface area contributed by atoms with E-state index in [4.69, 9.17) is 16.3 Å². The number of aryl methyl sites for hydroxylation is 1. The smallest absolute Gasteiger partial charge is 0.329 e. The fourth-order valence-corrected chi connectivity index (χ4v) is 2.73. The summed E-state index contributed by atoms with van der Waals surface area (Å²) in [5.41, 5.74) is 1.22. The van der Waals surface area contributed by atoms with Crippen LogP contribution in [0.4, 0.5) is 11.4 Å². The van der Waals surface area contributed by atoms with Crippen LogP contribution in [0.25, 0.3) is 0 Å². The topological polar surface area (TPSA) is 94.4 Å². The van der Waals surface area contributed by atoms with Gasteiger partial charge >= 0.3 is 11.7 Å². The van der Waals surface area contributed by atoms with Crippen LogP contribution in [0.15, 0.2) is 36.4 Å². The first-order valence-corrected chi connectivity index (χ1v) is 8.08. The second-order valence-electron chi connectivity index (χ2n) is 5.32. The van der Waals surface area contributed by atoms with E-state index in [0.717, 1.165) is 5.56 Å². The molecule has 2 rings (SSSR count). The monoisotopic (exact) mass is 363 g/mol. The molecular formula is C17H18ClN3O4. The highest BCUT2D eigenvalue weighted by atomic mass is 35.5. The van der Waals surface area contributed by atoms with Crippen molar-refractivity contribution in [3.05, 3.63) is 62.9 Å². The fourth-order valence-electron chi connectivity index (χ4n) is 2.42. The van der Waals surface area contributed by atoms with E-state index in [-0.39, 0.29) is 29.6 Å². The van der Waals surface area contributed by atoms with Crippen molar-refractivity contribution in [2.24, 2.45) is 0 Å². The van der Waals surface area contributed by atoms with Gasteiger partial charge in [-0.2, -0.15) is 0 Å². The number of ether oxygens (including phenoxy) is 1. The highest BCUT2D eigenvalue weighted by Crippen LogP contribution is 2.35. The molecular weight excluding hydrogens is 346 g/mol. The van der Waals surface area contributed by atoms with Crippen LogP contribution in [-0.2, 0) is 9.53 Å². The number of carbonyl (C=O) groups excluding carboxylic acids is 1. The van der Waals surface area contributed by atoms with Gasteiger partial charge in [-0.05, 0) is 25.5 Å². The maximum atomic E-state index is 11.9. The number of esters is 1. The average Bonchev–Trinajstić information content (AvgIpc) is 2.54. The number of anilines is 1. The first-order chi connectivity index (χ1) is 11.9. The molecule has 0 aliphatic carbocycles. The van der Waals surface area contributed by atoms with Gasteiger partial charge in [0.15, 0.2) is 0 Å². The lowest BCUT2D eigenvalue weighted by molar-refractivity contribution is -0.384. The van der Waals surface area contributed by atoms with Gasteiger partial charge < -0.3 is 10.1 Å². The van der Waals surface area contributed by atoms with E-state index in [0.29, 0.717) is 5.69 Å². The zero-order chi connectivity index (χ0) is 18.4. The maximum absolute atomic E-state index is 11.9. The van der Waals surface area contributed by atoms with Gasteiger partial charge in [0, 0.05) is 5.69 Å². The van der Waals surface area contributed by atoms with Crippen LogP contribution in [0.1, 0.15) is 30.6 Å². The predicted molar refractivity (Wildman–Crippen MR) is 94.7 cm³/mol. The Morgan fingerprint density at radius 1 is 1.40 bits per heavy atom. The Morgan fingerprint density at radius 3 is 2.68 bits per heavy atom. The summed E-state index contributed by atoms with van der Waals surface area (Å²) >= 11 is 5.93. The van der Waals surface area contributed by atoms with Crippen molar-refractivity contribution >= 4 is 28.9 Å². The Hall–Kier alpha value is -2.67. The van der Waals surface area contributed by atoms with Gasteiger partial charge in [-0.3, -0.25) is 14.9 Å². The largest absolute Gasteiger partial charge is 0.466 e. The van der Waals surface area contributed by atoms with Crippen LogP contribution in [0.2, 0.25) is 5.15 Å². The molecule has 132 valence electrons. The minimum atomic E-state index is -0.594. The molecule has 25 heavy (non-hydrogen) atoms. The van der Waals surface area contributed by atoms with Gasteiger partial charge in [0.05, 0.1) is 24.0 Å². The first-order valence-electron chi connectivity index (χ1n) is 7.71. The Kier molecular flexibility index (Phi) is 6.30. The average molecular weight is 364 g/mol. The molecule has 0 saturated carbocycles. The van der Waals surface area contributed by atoms with Crippen molar-refractivity contribution < 1.29 is 14.5 Å². The molecule has 1 unspecified atom stereocenters. The molecule has 1 heterocycles. The number of halogens is 1. The molecule has 1 atom stereocenters. The Morgan fingerprint density at radius 2 is 2.08 bits per heavy atom. The molecule has 1 aromatic carbocycles. The molecule has 0 amide bonds. The molecule has 1 aromatic heterocycles. The van der Waals surface area contributed by atoms with Crippen LogP contribution in [0.5, 0.6) is 0 Å². The van der Waals surface area contributed by atoms with Crippen molar-refractivity contribution in [2.75, 3.05) is 11.9 Å². The number of rotatable bonds is 7. The molecule has 0 spiro atoms. The summed E-state index contributed by atoms with van der Waals surface area (Å²) in [5, 5.41) is 14.2. The lowest BCUT2D eigenvalue weighted by Crippen LogP contribution is -2.18. The molecule has 7 nitrogen and oxygen atoms in total. The summed E-state index contributed by atoms with van der Waals surface area (Å²) in [6, 6.07) is 10.2. The number of aromatic nitrogens is 1. The van der Waals surface area contributed by atoms with Crippen molar-refractivity contribution in [1.29, 1.82) is 0 Å². The third kappa shape index (κ3) is 4.90. The lowest BCUT2D eigenvalue weighted by atomic mass is 10.0. The van der Waals surface area contributed by atoms with Crippen molar-refractivity contribution in [3.8, 4) is 0 Å². The number of nitrogens with zero attached hydrogens (tertiary/aromatic N) is 2. The van der Waals surface area contributed by atoms with E-state index in [2.05, 4.69) is 10.3 Å². The van der Waals surface area contributed by atoms with Gasteiger partial charge in [-0.15, -0.1) is 0 Å². The summed E-state index contributed by atoms with van der Waals surface area (Å²) in [6.07, 6.45) is 0.0218. The van der Waals surface area contributed by atoms with Gasteiger partial charge in [0.25, 0.3) is 0 Å². The van der Waals surface area contributed by atoms with Crippen molar-refractivity contribution in [1.82, 2.24) is 4.98 Å². The predicted octanol–water partition coefficient (Wildman–Crippen LogP) is 4.06. The third-order valence-electron chi connectivity index (χ3n) is 3.47. The Labute approximate surface area is 150 Å². The number of benzene rings is 1.